The zero-order valence-corrected chi connectivity index (χ0v) is 9.40. The van der Waals surface area contributed by atoms with Crippen LogP contribution < -0.4 is 10.6 Å². The summed E-state index contributed by atoms with van der Waals surface area (Å²) >= 11 is 0. The molecule has 6 nitrogen and oxygen atoms in total. The summed E-state index contributed by atoms with van der Waals surface area (Å²) in [5, 5.41) is 19.5. The molecule has 0 spiro atoms. The molecule has 0 saturated carbocycles. The van der Waals surface area contributed by atoms with Crippen molar-refractivity contribution in [3.8, 4) is 0 Å². The second-order valence-corrected chi connectivity index (χ2v) is 4.49. The van der Waals surface area contributed by atoms with Crippen LogP contribution in [0.15, 0.2) is 12.3 Å². The fourth-order valence-corrected chi connectivity index (χ4v) is 1.42. The van der Waals surface area contributed by atoms with Gasteiger partial charge in [0.05, 0.1) is 12.2 Å². The minimum Gasteiger partial charge on any atom is -0.381 e. The number of nitrogens with one attached hydrogen (secondary N) is 2. The zero-order chi connectivity index (χ0) is 11.8. The normalized spacial score (nSPS) is 16.9. The Balaban J connectivity index is 2.09. The third-order valence-electron chi connectivity index (χ3n) is 2.57. The number of nitrogens with zero attached hydrogens (tertiary/aromatic N) is 2. The number of carbonyl (C=O) groups is 1. The lowest BCUT2D eigenvalue weighted by Gasteiger charge is -2.29. The van der Waals surface area contributed by atoms with Gasteiger partial charge in [0.15, 0.2) is 0 Å². The molecule has 0 atom stereocenters. The average Bonchev–Trinajstić information content (AvgIpc) is 2.48. The molecule has 1 aromatic heterocycles. The van der Waals surface area contributed by atoms with Gasteiger partial charge in [-0.05, 0) is 13.8 Å². The van der Waals surface area contributed by atoms with Crippen LogP contribution in [0.25, 0.3) is 0 Å². The Morgan fingerprint density at radius 1 is 1.69 bits per heavy atom. The maximum Gasteiger partial charge on any atom is 0.256 e. The molecule has 2 heterocycles. The summed E-state index contributed by atoms with van der Waals surface area (Å²) in [5.41, 5.74) is -1.38. The SMILES string of the molecule is CC(C)(O)C(=O)Nc1ccnn1C1CNC1. The van der Waals surface area contributed by atoms with Crippen molar-refractivity contribution in [1.29, 1.82) is 0 Å². The van der Waals surface area contributed by atoms with E-state index in [0.29, 0.717) is 5.82 Å². The Labute approximate surface area is 93.6 Å². The molecule has 1 fully saturated rings. The van der Waals surface area contributed by atoms with E-state index in [1.54, 1.807) is 16.9 Å². The number of aromatic nitrogens is 2. The minimum atomic E-state index is -1.38. The molecule has 0 radical (unpaired) electrons. The van der Waals surface area contributed by atoms with Crippen LogP contribution in [0.4, 0.5) is 5.82 Å². The molecule has 2 rings (SSSR count). The standard InChI is InChI=1S/C10H16N4O2/c1-10(2,16)9(15)13-8-3-4-12-14(8)7-5-11-6-7/h3-4,7,11,16H,5-6H2,1-2H3,(H,13,15). The van der Waals surface area contributed by atoms with Gasteiger partial charge in [-0.3, -0.25) is 4.79 Å². The van der Waals surface area contributed by atoms with Gasteiger partial charge in [-0.1, -0.05) is 0 Å². The summed E-state index contributed by atoms with van der Waals surface area (Å²) in [4.78, 5) is 11.6. The van der Waals surface area contributed by atoms with Crippen molar-refractivity contribution in [3.05, 3.63) is 12.3 Å². The molecule has 0 bridgehead atoms. The lowest BCUT2D eigenvalue weighted by atomic mass is 10.1. The number of hydrogen-bond donors (Lipinski definition) is 3. The van der Waals surface area contributed by atoms with Crippen molar-refractivity contribution in [1.82, 2.24) is 15.1 Å². The van der Waals surface area contributed by atoms with Gasteiger partial charge < -0.3 is 15.7 Å². The second-order valence-electron chi connectivity index (χ2n) is 4.49. The molecule has 1 saturated heterocycles. The van der Waals surface area contributed by atoms with E-state index in [1.807, 2.05) is 0 Å². The van der Waals surface area contributed by atoms with E-state index in [1.165, 1.54) is 13.8 Å². The number of aliphatic hydroxyl groups is 1. The molecule has 0 unspecified atom stereocenters. The van der Waals surface area contributed by atoms with Crippen LogP contribution in [-0.4, -0.2) is 39.5 Å². The fourth-order valence-electron chi connectivity index (χ4n) is 1.42. The minimum absolute atomic E-state index is 0.284. The van der Waals surface area contributed by atoms with Crippen LogP contribution in [0.5, 0.6) is 0 Å². The van der Waals surface area contributed by atoms with Crippen LogP contribution in [0, 0.1) is 0 Å². The molecule has 0 aromatic carbocycles. The van der Waals surface area contributed by atoms with E-state index in [-0.39, 0.29) is 6.04 Å². The summed E-state index contributed by atoms with van der Waals surface area (Å²) in [6.45, 7) is 4.61. The Kier molecular flexibility index (Phi) is 2.69. The van der Waals surface area contributed by atoms with Gasteiger partial charge in [-0.15, -0.1) is 0 Å². The van der Waals surface area contributed by atoms with Crippen molar-refractivity contribution in [2.24, 2.45) is 0 Å². The summed E-state index contributed by atoms with van der Waals surface area (Å²) in [6.07, 6.45) is 1.64. The molecule has 16 heavy (non-hydrogen) atoms. The monoisotopic (exact) mass is 224 g/mol. The van der Waals surface area contributed by atoms with Crippen molar-refractivity contribution in [2.45, 2.75) is 25.5 Å². The zero-order valence-electron chi connectivity index (χ0n) is 9.40. The molecular formula is C10H16N4O2. The fraction of sp³-hybridized carbons (Fsp3) is 0.600. The Bertz CT molecular complexity index is 390. The van der Waals surface area contributed by atoms with E-state index in [0.717, 1.165) is 13.1 Å². The third kappa shape index (κ3) is 2.07. The number of hydrogen-bond acceptors (Lipinski definition) is 4. The molecule has 1 aliphatic rings. The van der Waals surface area contributed by atoms with E-state index in [4.69, 9.17) is 0 Å². The Hall–Kier alpha value is -1.40. The third-order valence-corrected chi connectivity index (χ3v) is 2.57. The number of carbonyl (C=O) groups excluding carboxylic acids is 1. The lowest BCUT2D eigenvalue weighted by Crippen LogP contribution is -2.45. The van der Waals surface area contributed by atoms with E-state index >= 15 is 0 Å². The van der Waals surface area contributed by atoms with Gasteiger partial charge in [0.1, 0.15) is 11.4 Å². The van der Waals surface area contributed by atoms with Crippen molar-refractivity contribution in [2.75, 3.05) is 18.4 Å². The highest BCUT2D eigenvalue weighted by atomic mass is 16.3. The van der Waals surface area contributed by atoms with Gasteiger partial charge in [-0.25, -0.2) is 4.68 Å². The number of rotatable bonds is 3. The highest BCUT2D eigenvalue weighted by Crippen LogP contribution is 2.18. The van der Waals surface area contributed by atoms with Crippen molar-refractivity contribution >= 4 is 11.7 Å². The number of anilines is 1. The lowest BCUT2D eigenvalue weighted by molar-refractivity contribution is -0.130. The van der Waals surface area contributed by atoms with Crippen molar-refractivity contribution < 1.29 is 9.90 Å². The molecule has 6 heteroatoms. The molecule has 88 valence electrons. The maximum atomic E-state index is 11.6. The molecule has 1 aromatic rings. The van der Waals surface area contributed by atoms with Gasteiger partial charge in [-0.2, -0.15) is 5.10 Å². The number of amides is 1. The van der Waals surface area contributed by atoms with Crippen LogP contribution in [0.2, 0.25) is 0 Å². The van der Waals surface area contributed by atoms with Crippen LogP contribution >= 0.6 is 0 Å². The Morgan fingerprint density at radius 3 is 2.88 bits per heavy atom. The topological polar surface area (TPSA) is 79.2 Å². The smallest absolute Gasteiger partial charge is 0.256 e. The first kappa shape index (κ1) is 11.1. The van der Waals surface area contributed by atoms with E-state index in [2.05, 4.69) is 15.7 Å². The molecule has 0 aliphatic carbocycles. The predicted molar refractivity (Wildman–Crippen MR) is 59.1 cm³/mol. The highest BCUT2D eigenvalue weighted by Gasteiger charge is 2.27. The summed E-state index contributed by atoms with van der Waals surface area (Å²) in [6, 6.07) is 2.01. The van der Waals surface area contributed by atoms with E-state index in [9.17, 15) is 9.90 Å². The summed E-state index contributed by atoms with van der Waals surface area (Å²) in [7, 11) is 0. The first-order valence-corrected chi connectivity index (χ1v) is 5.26. The quantitative estimate of drug-likeness (QED) is 0.660. The van der Waals surface area contributed by atoms with Gasteiger partial charge in [0.25, 0.3) is 5.91 Å². The first-order valence-electron chi connectivity index (χ1n) is 5.26. The van der Waals surface area contributed by atoms with Crippen molar-refractivity contribution in [3.63, 3.8) is 0 Å². The van der Waals surface area contributed by atoms with Gasteiger partial charge in [0, 0.05) is 19.2 Å². The molecular weight excluding hydrogens is 208 g/mol. The summed E-state index contributed by atoms with van der Waals surface area (Å²) in [5.74, 6) is 0.195. The van der Waals surface area contributed by atoms with Crippen LogP contribution in [-0.2, 0) is 4.79 Å². The van der Waals surface area contributed by atoms with Gasteiger partial charge in [0.2, 0.25) is 0 Å². The average molecular weight is 224 g/mol. The van der Waals surface area contributed by atoms with Crippen LogP contribution in [0.3, 0.4) is 0 Å². The van der Waals surface area contributed by atoms with Crippen LogP contribution in [0.1, 0.15) is 19.9 Å². The largest absolute Gasteiger partial charge is 0.381 e. The Morgan fingerprint density at radius 2 is 2.38 bits per heavy atom. The molecule has 1 aliphatic heterocycles. The highest BCUT2D eigenvalue weighted by molar-refractivity contribution is 5.95. The molecule has 3 N–H and O–H groups in total. The van der Waals surface area contributed by atoms with Gasteiger partial charge >= 0.3 is 0 Å². The summed E-state index contributed by atoms with van der Waals surface area (Å²) < 4.78 is 1.76. The van der Waals surface area contributed by atoms with E-state index < -0.39 is 11.5 Å². The molecule has 1 amide bonds. The predicted octanol–water partition coefficient (Wildman–Crippen LogP) is -0.263. The maximum absolute atomic E-state index is 11.6. The second kappa shape index (κ2) is 3.88. The first-order chi connectivity index (χ1) is 7.48.